The van der Waals surface area contributed by atoms with Crippen LogP contribution in [-0.2, 0) is 6.42 Å². The highest BCUT2D eigenvalue weighted by Gasteiger charge is 2.10. The lowest BCUT2D eigenvalue weighted by atomic mass is 10.1. The van der Waals surface area contributed by atoms with Gasteiger partial charge < -0.3 is 0 Å². The zero-order chi connectivity index (χ0) is 10.7. The average Bonchev–Trinajstić information content (AvgIpc) is 2.13. The van der Waals surface area contributed by atoms with Crippen LogP contribution < -0.4 is 0 Å². The Hall–Kier alpha value is -0.630. The molecule has 0 aliphatic carbocycles. The van der Waals surface area contributed by atoms with Crippen molar-refractivity contribution >= 4 is 11.6 Å². The van der Waals surface area contributed by atoms with Gasteiger partial charge in [-0.15, -0.1) is 11.6 Å². The number of benzene rings is 1. The largest absolute Gasteiger partial charge is 0.203 e. The van der Waals surface area contributed by atoms with Crippen molar-refractivity contribution < 1.29 is 8.78 Å². The van der Waals surface area contributed by atoms with E-state index in [-0.39, 0.29) is 5.38 Å². The van der Waals surface area contributed by atoms with E-state index in [0.717, 1.165) is 0 Å². The van der Waals surface area contributed by atoms with Crippen molar-refractivity contribution in [2.75, 3.05) is 0 Å². The molecule has 1 rings (SSSR count). The third kappa shape index (κ3) is 2.68. The van der Waals surface area contributed by atoms with Crippen molar-refractivity contribution in [3.8, 4) is 0 Å². The van der Waals surface area contributed by atoms with Crippen molar-refractivity contribution in [2.45, 2.75) is 32.1 Å². The molecule has 0 aliphatic heterocycles. The van der Waals surface area contributed by atoms with E-state index in [1.165, 1.54) is 0 Å². The van der Waals surface area contributed by atoms with E-state index in [2.05, 4.69) is 0 Å². The zero-order valence-electron chi connectivity index (χ0n) is 8.28. The standard InChI is InChI=1S/C11H13ClF2/c1-7-3-5-9(6-4-8(2)12)11(14)10(7)13/h3,5,8H,4,6H2,1-2H3. The lowest BCUT2D eigenvalue weighted by molar-refractivity contribution is 0.492. The topological polar surface area (TPSA) is 0 Å². The predicted molar refractivity (Wildman–Crippen MR) is 54.7 cm³/mol. The van der Waals surface area contributed by atoms with Crippen molar-refractivity contribution in [1.29, 1.82) is 0 Å². The first-order valence-corrected chi connectivity index (χ1v) is 5.03. The van der Waals surface area contributed by atoms with Gasteiger partial charge in [0.1, 0.15) is 0 Å². The summed E-state index contributed by atoms with van der Waals surface area (Å²) < 4.78 is 26.4. The molecule has 1 aromatic rings. The maximum atomic E-state index is 13.3. The van der Waals surface area contributed by atoms with Crippen molar-refractivity contribution in [2.24, 2.45) is 0 Å². The Kier molecular flexibility index (Phi) is 3.87. The third-order valence-electron chi connectivity index (χ3n) is 2.17. The smallest absolute Gasteiger partial charge is 0.162 e. The molecule has 0 fully saturated rings. The molecule has 1 atom stereocenters. The summed E-state index contributed by atoms with van der Waals surface area (Å²) in [6, 6.07) is 3.21. The molecule has 0 radical (unpaired) electrons. The summed E-state index contributed by atoms with van der Waals surface area (Å²) >= 11 is 5.73. The highest BCUT2D eigenvalue weighted by Crippen LogP contribution is 2.18. The number of rotatable bonds is 3. The molecule has 0 nitrogen and oxygen atoms in total. The molecule has 0 amide bonds. The van der Waals surface area contributed by atoms with E-state index < -0.39 is 11.6 Å². The van der Waals surface area contributed by atoms with Gasteiger partial charge in [0.2, 0.25) is 0 Å². The van der Waals surface area contributed by atoms with Crippen LogP contribution in [0.3, 0.4) is 0 Å². The minimum atomic E-state index is -0.746. The Labute approximate surface area is 87.9 Å². The second-order valence-corrected chi connectivity index (χ2v) is 4.23. The molecule has 0 saturated carbocycles. The van der Waals surface area contributed by atoms with E-state index >= 15 is 0 Å². The van der Waals surface area contributed by atoms with Crippen molar-refractivity contribution in [3.05, 3.63) is 34.9 Å². The number of hydrogen-bond acceptors (Lipinski definition) is 0. The number of aryl methyl sites for hydroxylation is 2. The van der Waals surface area contributed by atoms with E-state index in [0.29, 0.717) is 24.0 Å². The second-order valence-electron chi connectivity index (χ2n) is 3.49. The predicted octanol–water partition coefficient (Wildman–Crippen LogP) is 3.83. The van der Waals surface area contributed by atoms with Gasteiger partial charge in [0.25, 0.3) is 0 Å². The van der Waals surface area contributed by atoms with Crippen LogP contribution in [0.2, 0.25) is 0 Å². The summed E-state index contributed by atoms with van der Waals surface area (Å²) in [4.78, 5) is 0. The van der Waals surface area contributed by atoms with Gasteiger partial charge in [0, 0.05) is 5.38 Å². The SMILES string of the molecule is Cc1ccc(CCC(C)Cl)c(F)c1F. The minimum absolute atomic E-state index is 0.0150. The maximum absolute atomic E-state index is 13.3. The summed E-state index contributed by atoms with van der Waals surface area (Å²) in [5, 5.41) is -0.0150. The highest BCUT2D eigenvalue weighted by atomic mass is 35.5. The molecule has 0 saturated heterocycles. The van der Waals surface area contributed by atoms with E-state index in [4.69, 9.17) is 11.6 Å². The van der Waals surface area contributed by atoms with Gasteiger partial charge in [-0.3, -0.25) is 0 Å². The number of halogens is 3. The molecule has 3 heteroatoms. The van der Waals surface area contributed by atoms with Gasteiger partial charge >= 0.3 is 0 Å². The summed E-state index contributed by atoms with van der Waals surface area (Å²) in [6.45, 7) is 3.39. The van der Waals surface area contributed by atoms with Crippen molar-refractivity contribution in [3.63, 3.8) is 0 Å². The van der Waals surface area contributed by atoms with Crippen LogP contribution in [0.25, 0.3) is 0 Å². The molecule has 78 valence electrons. The van der Waals surface area contributed by atoms with E-state index in [9.17, 15) is 8.78 Å². The second kappa shape index (κ2) is 4.74. The van der Waals surface area contributed by atoms with Gasteiger partial charge in [-0.25, -0.2) is 8.78 Å². The number of alkyl halides is 1. The summed E-state index contributed by atoms with van der Waals surface area (Å²) in [5.41, 5.74) is 0.741. The fraction of sp³-hybridized carbons (Fsp3) is 0.455. The monoisotopic (exact) mass is 218 g/mol. The molecule has 0 aromatic heterocycles. The summed E-state index contributed by atoms with van der Waals surface area (Å²) in [5.74, 6) is -1.48. The fourth-order valence-electron chi connectivity index (χ4n) is 1.23. The Morgan fingerprint density at radius 2 is 1.93 bits per heavy atom. The Bertz CT molecular complexity index is 321. The molecular formula is C11H13ClF2. The van der Waals surface area contributed by atoms with Crippen LogP contribution in [0.15, 0.2) is 12.1 Å². The molecule has 1 unspecified atom stereocenters. The van der Waals surface area contributed by atoms with Crippen LogP contribution >= 0.6 is 11.6 Å². The Balaban J connectivity index is 2.83. The first-order valence-electron chi connectivity index (χ1n) is 4.60. The fourth-order valence-corrected chi connectivity index (χ4v) is 1.34. The quantitative estimate of drug-likeness (QED) is 0.677. The lowest BCUT2D eigenvalue weighted by Crippen LogP contribution is -2.00. The molecule has 14 heavy (non-hydrogen) atoms. The van der Waals surface area contributed by atoms with Gasteiger partial charge in [0.15, 0.2) is 11.6 Å². The summed E-state index contributed by atoms with van der Waals surface area (Å²) in [6.07, 6.45) is 1.13. The minimum Gasteiger partial charge on any atom is -0.203 e. The highest BCUT2D eigenvalue weighted by molar-refractivity contribution is 6.20. The van der Waals surface area contributed by atoms with Crippen LogP contribution in [0, 0.1) is 18.6 Å². The molecule has 0 N–H and O–H groups in total. The molecular weight excluding hydrogens is 206 g/mol. The average molecular weight is 219 g/mol. The Morgan fingerprint density at radius 3 is 2.50 bits per heavy atom. The molecule has 0 spiro atoms. The molecule has 0 heterocycles. The zero-order valence-corrected chi connectivity index (χ0v) is 9.04. The van der Waals surface area contributed by atoms with Crippen LogP contribution in [-0.4, -0.2) is 5.38 Å². The van der Waals surface area contributed by atoms with E-state index in [1.807, 2.05) is 6.92 Å². The van der Waals surface area contributed by atoms with Crippen molar-refractivity contribution in [1.82, 2.24) is 0 Å². The first-order chi connectivity index (χ1) is 6.52. The maximum Gasteiger partial charge on any atom is 0.162 e. The van der Waals surface area contributed by atoms with Crippen LogP contribution in [0.4, 0.5) is 8.78 Å². The first kappa shape index (κ1) is 11.4. The van der Waals surface area contributed by atoms with Crippen LogP contribution in [0.5, 0.6) is 0 Å². The van der Waals surface area contributed by atoms with Crippen LogP contribution in [0.1, 0.15) is 24.5 Å². The normalized spacial score (nSPS) is 12.9. The summed E-state index contributed by atoms with van der Waals surface area (Å²) in [7, 11) is 0. The van der Waals surface area contributed by atoms with Gasteiger partial charge in [-0.2, -0.15) is 0 Å². The van der Waals surface area contributed by atoms with Gasteiger partial charge in [-0.05, 0) is 37.8 Å². The third-order valence-corrected chi connectivity index (χ3v) is 2.39. The molecule has 1 aromatic carbocycles. The van der Waals surface area contributed by atoms with Gasteiger partial charge in [-0.1, -0.05) is 12.1 Å². The van der Waals surface area contributed by atoms with Gasteiger partial charge in [0.05, 0.1) is 0 Å². The molecule has 0 aliphatic rings. The Morgan fingerprint density at radius 1 is 1.29 bits per heavy atom. The number of hydrogen-bond donors (Lipinski definition) is 0. The van der Waals surface area contributed by atoms with E-state index in [1.54, 1.807) is 19.1 Å². The molecule has 0 bridgehead atoms. The lowest BCUT2D eigenvalue weighted by Gasteiger charge is -2.06.